The topological polar surface area (TPSA) is 86.5 Å². The number of nitrogens with zero attached hydrogens (tertiary/aromatic N) is 4. The predicted molar refractivity (Wildman–Crippen MR) is 109 cm³/mol. The smallest absolute Gasteiger partial charge is 0.227 e. The number of methoxy groups -OCH3 is 1. The third-order valence-corrected chi connectivity index (χ3v) is 6.83. The zero-order valence-electron chi connectivity index (χ0n) is 17.2. The van der Waals surface area contributed by atoms with Crippen LogP contribution < -0.4 is 0 Å². The van der Waals surface area contributed by atoms with Crippen molar-refractivity contribution in [3.8, 4) is 0 Å². The molecule has 0 amide bonds. The highest BCUT2D eigenvalue weighted by atomic mass is 32.2. The van der Waals surface area contributed by atoms with Gasteiger partial charge in [0.1, 0.15) is 0 Å². The number of piperidine rings is 1. The van der Waals surface area contributed by atoms with E-state index in [0.29, 0.717) is 26.3 Å². The molecule has 0 unspecified atom stereocenters. The van der Waals surface area contributed by atoms with Crippen molar-refractivity contribution >= 4 is 9.84 Å². The summed E-state index contributed by atoms with van der Waals surface area (Å²) < 4.78 is 37.7. The van der Waals surface area contributed by atoms with E-state index in [2.05, 4.69) is 14.9 Å². The summed E-state index contributed by atoms with van der Waals surface area (Å²) in [4.78, 5) is 10.8. The van der Waals surface area contributed by atoms with Gasteiger partial charge in [0.25, 0.3) is 0 Å². The summed E-state index contributed by atoms with van der Waals surface area (Å²) >= 11 is 0. The van der Waals surface area contributed by atoms with Gasteiger partial charge in [-0.1, -0.05) is 13.0 Å². The number of likely N-dealkylation sites (tertiary alicyclic amines) is 1. The fraction of sp³-hybridized carbons (Fsp3) is 0.600. The van der Waals surface area contributed by atoms with Gasteiger partial charge in [-0.05, 0) is 25.0 Å². The Kier molecular flexibility index (Phi) is 7.77. The van der Waals surface area contributed by atoms with Crippen molar-refractivity contribution in [2.45, 2.75) is 50.7 Å². The van der Waals surface area contributed by atoms with Crippen LogP contribution in [0.1, 0.15) is 31.2 Å². The van der Waals surface area contributed by atoms with Crippen molar-refractivity contribution in [3.63, 3.8) is 0 Å². The summed E-state index contributed by atoms with van der Waals surface area (Å²) in [5, 5.41) is 0.139. The Morgan fingerprint density at radius 3 is 2.66 bits per heavy atom. The summed E-state index contributed by atoms with van der Waals surface area (Å²) in [5.74, 6) is 0.0371. The first-order valence-corrected chi connectivity index (χ1v) is 11.7. The molecule has 0 spiro atoms. The van der Waals surface area contributed by atoms with Crippen molar-refractivity contribution in [2.75, 3.05) is 32.6 Å². The first kappa shape index (κ1) is 21.9. The van der Waals surface area contributed by atoms with E-state index in [4.69, 9.17) is 9.47 Å². The van der Waals surface area contributed by atoms with E-state index in [1.165, 1.54) is 0 Å². The average Bonchev–Trinajstić information content (AvgIpc) is 3.15. The fourth-order valence-corrected chi connectivity index (χ4v) is 4.48. The van der Waals surface area contributed by atoms with Gasteiger partial charge in [0.05, 0.1) is 42.7 Å². The monoisotopic (exact) mass is 422 g/mol. The van der Waals surface area contributed by atoms with Crippen LogP contribution in [0.3, 0.4) is 0 Å². The molecule has 9 heteroatoms. The number of imidazole rings is 1. The molecule has 8 nitrogen and oxygen atoms in total. The molecule has 0 atom stereocenters. The van der Waals surface area contributed by atoms with Crippen LogP contribution >= 0.6 is 0 Å². The Morgan fingerprint density at radius 2 is 2.00 bits per heavy atom. The highest BCUT2D eigenvalue weighted by Crippen LogP contribution is 2.20. The van der Waals surface area contributed by atoms with Crippen LogP contribution in [0.5, 0.6) is 0 Å². The van der Waals surface area contributed by atoms with Crippen molar-refractivity contribution in [1.29, 1.82) is 0 Å². The zero-order valence-corrected chi connectivity index (χ0v) is 18.0. The molecule has 3 heterocycles. The zero-order chi connectivity index (χ0) is 20.7. The standard InChI is InChI=1S/C20H30N4O4S/c1-3-29(25,26)20-22-14-18(24(20)12-13-27-2)15-23-10-7-19(8-11-23)28-16-17-6-4-5-9-21-17/h4-6,9,14,19H,3,7-8,10-13,15-16H2,1-2H3. The van der Waals surface area contributed by atoms with Gasteiger partial charge in [-0.15, -0.1) is 0 Å². The van der Waals surface area contributed by atoms with Gasteiger partial charge < -0.3 is 14.0 Å². The number of hydrogen-bond donors (Lipinski definition) is 0. The molecule has 1 fully saturated rings. The molecule has 0 saturated carbocycles. The second-order valence-corrected chi connectivity index (χ2v) is 9.36. The maximum Gasteiger partial charge on any atom is 0.227 e. The van der Waals surface area contributed by atoms with Crippen molar-refractivity contribution in [2.24, 2.45) is 0 Å². The lowest BCUT2D eigenvalue weighted by atomic mass is 10.1. The molecule has 1 aliphatic heterocycles. The molecule has 0 bridgehead atoms. The molecule has 3 rings (SSSR count). The minimum absolute atomic E-state index is 0.0371. The lowest BCUT2D eigenvalue weighted by molar-refractivity contribution is -0.00566. The summed E-state index contributed by atoms with van der Waals surface area (Å²) in [6.45, 7) is 5.57. The first-order chi connectivity index (χ1) is 14.0. The molecule has 1 aliphatic rings. The van der Waals surface area contributed by atoms with Gasteiger partial charge in [0.2, 0.25) is 15.0 Å². The normalized spacial score (nSPS) is 16.3. The second-order valence-electron chi connectivity index (χ2n) is 7.19. The van der Waals surface area contributed by atoms with Crippen LogP contribution in [0, 0.1) is 0 Å². The van der Waals surface area contributed by atoms with E-state index in [1.54, 1.807) is 31.0 Å². The van der Waals surface area contributed by atoms with Crippen molar-refractivity contribution in [1.82, 2.24) is 19.4 Å². The van der Waals surface area contributed by atoms with E-state index in [-0.39, 0.29) is 17.0 Å². The molecule has 1 saturated heterocycles. The van der Waals surface area contributed by atoms with E-state index in [9.17, 15) is 8.42 Å². The number of ether oxygens (including phenoxy) is 2. The molecule has 160 valence electrons. The SMILES string of the molecule is CCS(=O)(=O)c1ncc(CN2CCC(OCc3ccccn3)CC2)n1CCOC. The van der Waals surface area contributed by atoms with Gasteiger partial charge >= 0.3 is 0 Å². The molecular formula is C20H30N4O4S. The summed E-state index contributed by atoms with van der Waals surface area (Å²) in [6, 6.07) is 5.84. The quantitative estimate of drug-likeness (QED) is 0.578. The molecule has 0 aromatic carbocycles. The molecule has 0 N–H and O–H groups in total. The summed E-state index contributed by atoms with van der Waals surface area (Å²) in [5.41, 5.74) is 1.85. The fourth-order valence-electron chi connectivity index (χ4n) is 3.47. The lowest BCUT2D eigenvalue weighted by Crippen LogP contribution is -2.37. The van der Waals surface area contributed by atoms with Gasteiger partial charge in [-0.2, -0.15) is 0 Å². The minimum atomic E-state index is -3.37. The second kappa shape index (κ2) is 10.3. The molecule has 2 aromatic heterocycles. The maximum absolute atomic E-state index is 12.4. The average molecular weight is 423 g/mol. The van der Waals surface area contributed by atoms with Crippen molar-refractivity contribution < 1.29 is 17.9 Å². The van der Waals surface area contributed by atoms with E-state index in [0.717, 1.165) is 37.3 Å². The van der Waals surface area contributed by atoms with Crippen LogP contribution in [0.2, 0.25) is 0 Å². The van der Waals surface area contributed by atoms with Crippen molar-refractivity contribution in [3.05, 3.63) is 42.0 Å². The van der Waals surface area contributed by atoms with E-state index < -0.39 is 9.84 Å². The Balaban J connectivity index is 1.57. The predicted octanol–water partition coefficient (Wildman–Crippen LogP) is 1.90. The number of sulfone groups is 1. The van der Waals surface area contributed by atoms with Crippen LogP contribution in [0.25, 0.3) is 0 Å². The first-order valence-electron chi connectivity index (χ1n) is 10.0. The van der Waals surface area contributed by atoms with Gasteiger partial charge in [-0.3, -0.25) is 9.88 Å². The summed E-state index contributed by atoms with van der Waals surface area (Å²) in [6.07, 6.45) is 5.57. The summed E-state index contributed by atoms with van der Waals surface area (Å²) in [7, 11) is -1.76. The largest absolute Gasteiger partial charge is 0.383 e. The number of rotatable bonds is 10. The van der Waals surface area contributed by atoms with Gasteiger partial charge in [-0.25, -0.2) is 13.4 Å². The molecule has 2 aromatic rings. The number of aromatic nitrogens is 3. The Bertz CT molecular complexity index is 862. The number of pyridine rings is 1. The Labute approximate surface area is 172 Å². The van der Waals surface area contributed by atoms with Crippen LogP contribution in [-0.4, -0.2) is 66.5 Å². The Hall–Kier alpha value is -1.81. The molecule has 0 aliphatic carbocycles. The van der Waals surface area contributed by atoms with E-state index >= 15 is 0 Å². The van der Waals surface area contributed by atoms with E-state index in [1.807, 2.05) is 18.2 Å². The third-order valence-electron chi connectivity index (χ3n) is 5.19. The van der Waals surface area contributed by atoms with Gasteiger partial charge in [0, 0.05) is 39.5 Å². The molecule has 29 heavy (non-hydrogen) atoms. The van der Waals surface area contributed by atoms with Gasteiger partial charge in [0.15, 0.2) is 0 Å². The number of hydrogen-bond acceptors (Lipinski definition) is 7. The van der Waals surface area contributed by atoms with Crippen LogP contribution in [0.4, 0.5) is 0 Å². The Morgan fingerprint density at radius 1 is 1.21 bits per heavy atom. The van der Waals surface area contributed by atoms with Crippen LogP contribution in [-0.2, 0) is 39.0 Å². The highest BCUT2D eigenvalue weighted by Gasteiger charge is 2.24. The lowest BCUT2D eigenvalue weighted by Gasteiger charge is -2.32. The minimum Gasteiger partial charge on any atom is -0.383 e. The molecule has 0 radical (unpaired) electrons. The maximum atomic E-state index is 12.4. The van der Waals surface area contributed by atoms with Crippen LogP contribution in [0.15, 0.2) is 35.7 Å². The third kappa shape index (κ3) is 5.85. The molecular weight excluding hydrogens is 392 g/mol. The highest BCUT2D eigenvalue weighted by molar-refractivity contribution is 7.91.